The first-order valence-corrected chi connectivity index (χ1v) is 6.63. The lowest BCUT2D eigenvalue weighted by atomic mass is 10.0. The third-order valence-corrected chi connectivity index (χ3v) is 3.00. The third kappa shape index (κ3) is 3.86. The Morgan fingerprint density at radius 3 is 2.29 bits per heavy atom. The summed E-state index contributed by atoms with van der Waals surface area (Å²) in [5.74, 6) is -1.25. The molecule has 8 nitrogen and oxygen atoms in total. The number of carboxylic acid groups (broad SMARTS) is 2. The van der Waals surface area contributed by atoms with Crippen LogP contribution in [0.5, 0.6) is 0 Å². The second-order valence-electron chi connectivity index (χ2n) is 3.79. The molecule has 2 unspecified atom stereocenters. The molecule has 2 N–H and O–H groups in total. The molecule has 1 aliphatic rings. The number of hydrogen-bond acceptors (Lipinski definition) is 5. The molecular formula is C8H13NO7S. The lowest BCUT2D eigenvalue weighted by Crippen LogP contribution is -2.52. The van der Waals surface area contributed by atoms with Gasteiger partial charge in [0.2, 0.25) is 0 Å². The fourth-order valence-electron chi connectivity index (χ4n) is 1.73. The number of carboxylic acids is 1. The second kappa shape index (κ2) is 4.88. The topological polar surface area (TPSA) is 121 Å². The minimum atomic E-state index is -3.68. The predicted octanol–water partition coefficient (Wildman–Crippen LogP) is -0.442. The van der Waals surface area contributed by atoms with Gasteiger partial charge in [0.1, 0.15) is 6.04 Å². The van der Waals surface area contributed by atoms with Gasteiger partial charge in [-0.3, -0.25) is 9.08 Å². The van der Waals surface area contributed by atoms with Crippen LogP contribution in [-0.2, 0) is 19.1 Å². The fourth-order valence-corrected chi connectivity index (χ4v) is 2.38. The Morgan fingerprint density at radius 1 is 1.29 bits per heavy atom. The van der Waals surface area contributed by atoms with Crippen molar-refractivity contribution in [2.75, 3.05) is 12.8 Å². The summed E-state index contributed by atoms with van der Waals surface area (Å²) in [6, 6.07) is -1.15. The van der Waals surface area contributed by atoms with Crippen molar-refractivity contribution in [2.45, 2.75) is 25.0 Å². The van der Waals surface area contributed by atoms with Crippen molar-refractivity contribution in [1.82, 2.24) is 4.90 Å². The number of carbonyl (C=O) groups is 2. The highest BCUT2D eigenvalue weighted by molar-refractivity contribution is 7.86. The number of likely N-dealkylation sites (tertiary alicyclic amines) is 1. The maximum absolute atomic E-state index is 10.9. The number of amides is 1. The molecule has 0 radical (unpaired) electrons. The molecule has 1 heterocycles. The van der Waals surface area contributed by atoms with Gasteiger partial charge in [-0.05, 0) is 12.8 Å². The average molecular weight is 267 g/mol. The van der Waals surface area contributed by atoms with Crippen LogP contribution in [0.4, 0.5) is 4.79 Å². The van der Waals surface area contributed by atoms with E-state index in [9.17, 15) is 18.0 Å². The van der Waals surface area contributed by atoms with Gasteiger partial charge in [0, 0.05) is 0 Å². The third-order valence-electron chi connectivity index (χ3n) is 2.38. The molecule has 0 aromatic carbocycles. The summed E-state index contributed by atoms with van der Waals surface area (Å²) in [7, 11) is -3.68. The molecule has 9 heteroatoms. The molecule has 1 aliphatic heterocycles. The van der Waals surface area contributed by atoms with E-state index < -0.39 is 34.3 Å². The van der Waals surface area contributed by atoms with E-state index in [1.807, 2.05) is 0 Å². The second-order valence-corrected chi connectivity index (χ2v) is 5.39. The van der Waals surface area contributed by atoms with Crippen molar-refractivity contribution in [3.63, 3.8) is 0 Å². The van der Waals surface area contributed by atoms with E-state index in [0.29, 0.717) is 4.90 Å². The van der Waals surface area contributed by atoms with Crippen molar-refractivity contribution in [1.29, 1.82) is 0 Å². The lowest BCUT2D eigenvalue weighted by molar-refractivity contribution is -0.144. The number of nitrogens with zero attached hydrogens (tertiary/aromatic N) is 1. The van der Waals surface area contributed by atoms with E-state index in [1.165, 1.54) is 0 Å². The number of aliphatic carboxylic acids is 1. The summed E-state index contributed by atoms with van der Waals surface area (Å²) < 4.78 is 26.4. The zero-order chi connectivity index (χ0) is 13.2. The standard InChI is InChI=1S/C8H13NO7S/c1-17(14,15)16-5-2-3-6(7(10)11)9(4-5)8(12)13/h5-6H,2-4H2,1H3,(H,10,11)(H,12,13). The van der Waals surface area contributed by atoms with Gasteiger partial charge < -0.3 is 10.2 Å². The van der Waals surface area contributed by atoms with Crippen molar-refractivity contribution in [3.05, 3.63) is 0 Å². The van der Waals surface area contributed by atoms with Gasteiger partial charge in [-0.15, -0.1) is 0 Å². The molecule has 1 amide bonds. The van der Waals surface area contributed by atoms with Crippen LogP contribution in [0.3, 0.4) is 0 Å². The number of hydrogen-bond donors (Lipinski definition) is 2. The molecular weight excluding hydrogens is 254 g/mol. The summed E-state index contributed by atoms with van der Waals surface area (Å²) in [4.78, 5) is 22.3. The van der Waals surface area contributed by atoms with Crippen LogP contribution in [-0.4, -0.2) is 60.5 Å². The molecule has 0 aliphatic carbocycles. The SMILES string of the molecule is CS(=O)(=O)OC1CCC(C(=O)O)N(C(=O)O)C1. The maximum Gasteiger partial charge on any atom is 0.408 e. The van der Waals surface area contributed by atoms with Gasteiger partial charge in [-0.2, -0.15) is 8.42 Å². The largest absolute Gasteiger partial charge is 0.480 e. The van der Waals surface area contributed by atoms with E-state index >= 15 is 0 Å². The zero-order valence-corrected chi connectivity index (χ0v) is 9.88. The summed E-state index contributed by atoms with van der Waals surface area (Å²) in [6.07, 6.45) is -1.15. The lowest BCUT2D eigenvalue weighted by Gasteiger charge is -2.34. The Labute approximate surface area is 97.9 Å². The normalized spacial score (nSPS) is 25.6. The van der Waals surface area contributed by atoms with Crippen molar-refractivity contribution < 1.29 is 32.4 Å². The summed E-state index contributed by atoms with van der Waals surface area (Å²) >= 11 is 0. The van der Waals surface area contributed by atoms with Crippen LogP contribution in [0.2, 0.25) is 0 Å². The molecule has 2 atom stereocenters. The van der Waals surface area contributed by atoms with Gasteiger partial charge in [-0.1, -0.05) is 0 Å². The van der Waals surface area contributed by atoms with Crippen LogP contribution in [0.1, 0.15) is 12.8 Å². The molecule has 1 fully saturated rings. The highest BCUT2D eigenvalue weighted by Gasteiger charge is 2.37. The van der Waals surface area contributed by atoms with E-state index in [1.54, 1.807) is 0 Å². The van der Waals surface area contributed by atoms with Gasteiger partial charge in [0.05, 0.1) is 18.9 Å². The van der Waals surface area contributed by atoms with Crippen molar-refractivity contribution in [3.8, 4) is 0 Å². The monoisotopic (exact) mass is 267 g/mol. The molecule has 0 aromatic heterocycles. The Bertz CT molecular complexity index is 418. The summed E-state index contributed by atoms with van der Waals surface area (Å²) in [5.41, 5.74) is 0. The van der Waals surface area contributed by atoms with E-state index in [-0.39, 0.29) is 19.4 Å². The number of rotatable bonds is 3. The summed E-state index contributed by atoms with van der Waals surface area (Å²) in [5, 5.41) is 17.6. The molecule has 1 rings (SSSR count). The van der Waals surface area contributed by atoms with E-state index in [2.05, 4.69) is 4.18 Å². The van der Waals surface area contributed by atoms with Crippen LogP contribution < -0.4 is 0 Å². The molecule has 0 saturated carbocycles. The minimum absolute atomic E-state index is 0.0296. The molecule has 0 aromatic rings. The van der Waals surface area contributed by atoms with Crippen molar-refractivity contribution >= 4 is 22.2 Å². The first kappa shape index (κ1) is 13.7. The van der Waals surface area contributed by atoms with Crippen LogP contribution in [0.15, 0.2) is 0 Å². The molecule has 1 saturated heterocycles. The van der Waals surface area contributed by atoms with Crippen LogP contribution in [0, 0.1) is 0 Å². The quantitative estimate of drug-likeness (QED) is 0.664. The average Bonchev–Trinajstić information content (AvgIpc) is 2.14. The van der Waals surface area contributed by atoms with Gasteiger partial charge in [-0.25, -0.2) is 9.59 Å². The smallest absolute Gasteiger partial charge is 0.408 e. The Morgan fingerprint density at radius 2 is 1.88 bits per heavy atom. The van der Waals surface area contributed by atoms with Gasteiger partial charge in [0.25, 0.3) is 10.1 Å². The molecule has 17 heavy (non-hydrogen) atoms. The van der Waals surface area contributed by atoms with Gasteiger partial charge in [0.15, 0.2) is 0 Å². The number of piperidine rings is 1. The first-order valence-electron chi connectivity index (χ1n) is 4.81. The van der Waals surface area contributed by atoms with Crippen LogP contribution >= 0.6 is 0 Å². The predicted molar refractivity (Wildman–Crippen MR) is 55.1 cm³/mol. The minimum Gasteiger partial charge on any atom is -0.480 e. The molecule has 0 bridgehead atoms. The molecule has 98 valence electrons. The fraction of sp³-hybridized carbons (Fsp3) is 0.750. The highest BCUT2D eigenvalue weighted by atomic mass is 32.2. The maximum atomic E-state index is 10.9. The van der Waals surface area contributed by atoms with E-state index in [4.69, 9.17) is 10.2 Å². The molecule has 0 spiro atoms. The first-order chi connectivity index (χ1) is 7.70. The van der Waals surface area contributed by atoms with E-state index in [0.717, 1.165) is 6.26 Å². The Hall–Kier alpha value is -1.35. The Balaban J connectivity index is 2.75. The highest BCUT2D eigenvalue weighted by Crippen LogP contribution is 2.21. The van der Waals surface area contributed by atoms with Gasteiger partial charge >= 0.3 is 12.1 Å². The Kier molecular flexibility index (Phi) is 3.94. The van der Waals surface area contributed by atoms with Crippen LogP contribution in [0.25, 0.3) is 0 Å². The zero-order valence-electron chi connectivity index (χ0n) is 9.07. The van der Waals surface area contributed by atoms with Crippen molar-refractivity contribution in [2.24, 2.45) is 0 Å². The summed E-state index contributed by atoms with van der Waals surface area (Å²) in [6.45, 7) is -0.265.